The summed E-state index contributed by atoms with van der Waals surface area (Å²) in [5.41, 5.74) is 0.863. The number of aliphatic imine (C=N–C) groups is 1. The van der Waals surface area contributed by atoms with E-state index in [1.54, 1.807) is 22.8 Å². The van der Waals surface area contributed by atoms with E-state index in [-0.39, 0.29) is 29.9 Å². The maximum absolute atomic E-state index is 12.6. The minimum absolute atomic E-state index is 0. The Balaban J connectivity index is 0.00000300. The molecular weight excluding hydrogens is 481 g/mol. The topological polar surface area (TPSA) is 69.0 Å². The van der Waals surface area contributed by atoms with Crippen LogP contribution in [-0.4, -0.2) is 84.3 Å². The molecule has 0 bridgehead atoms. The Hall–Kier alpha value is -1.36. The molecule has 2 fully saturated rings. The van der Waals surface area contributed by atoms with Gasteiger partial charge in [0.2, 0.25) is 5.91 Å². The van der Waals surface area contributed by atoms with Crippen LogP contribution in [0.1, 0.15) is 32.6 Å². The predicted molar refractivity (Wildman–Crippen MR) is 128 cm³/mol. The molecule has 1 aromatic heterocycles. The number of aryl methyl sites for hydroxylation is 1. The maximum Gasteiger partial charge on any atom is 0.246 e. The van der Waals surface area contributed by atoms with Crippen molar-refractivity contribution in [1.82, 2.24) is 24.9 Å². The number of carbonyl (C=O) groups is 1. The third-order valence-electron chi connectivity index (χ3n) is 5.66. The van der Waals surface area contributed by atoms with Crippen LogP contribution in [0, 0.1) is 5.92 Å². The second-order valence-corrected chi connectivity index (χ2v) is 8.07. The molecule has 0 radical (unpaired) electrons. The van der Waals surface area contributed by atoms with E-state index in [0.717, 1.165) is 37.1 Å². The molecule has 2 aliphatic heterocycles. The molecule has 1 aromatic rings. The summed E-state index contributed by atoms with van der Waals surface area (Å²) < 4.78 is 1.72. The molecule has 164 valence electrons. The highest BCUT2D eigenvalue weighted by atomic mass is 127. The number of likely N-dealkylation sites (tertiary alicyclic amines) is 1. The van der Waals surface area contributed by atoms with Gasteiger partial charge in [-0.05, 0) is 44.7 Å². The number of nitrogens with one attached hydrogen (secondary N) is 1. The van der Waals surface area contributed by atoms with Gasteiger partial charge in [0, 0.05) is 46.5 Å². The second kappa shape index (κ2) is 11.7. The van der Waals surface area contributed by atoms with E-state index in [2.05, 4.69) is 27.2 Å². The lowest BCUT2D eigenvalue weighted by Crippen LogP contribution is -2.55. The number of piperazine rings is 1. The van der Waals surface area contributed by atoms with E-state index in [1.807, 2.05) is 18.1 Å². The first-order valence-electron chi connectivity index (χ1n) is 10.5. The number of amides is 1. The first-order chi connectivity index (χ1) is 13.6. The molecule has 1 unspecified atom stereocenters. The lowest BCUT2D eigenvalue weighted by Gasteiger charge is -2.35. The van der Waals surface area contributed by atoms with Crippen molar-refractivity contribution in [3.8, 4) is 0 Å². The zero-order valence-electron chi connectivity index (χ0n) is 18.0. The Morgan fingerprint density at radius 1 is 1.31 bits per heavy atom. The van der Waals surface area contributed by atoms with Crippen molar-refractivity contribution in [2.45, 2.75) is 32.6 Å². The number of guanidine groups is 1. The monoisotopic (exact) mass is 517 g/mol. The standard InChI is InChI=1S/C20H35N7O.HI/c1-17-7-6-10-25(14-17)9-5-4-8-22-20(21-2)26-11-12-27(19(28)16-26)18-13-23-24(3)15-18;/h13,15,17H,4-12,14,16H2,1-3H3,(H,21,22);1H. The van der Waals surface area contributed by atoms with Crippen LogP contribution in [0.25, 0.3) is 0 Å². The summed E-state index contributed by atoms with van der Waals surface area (Å²) in [7, 11) is 3.65. The molecule has 29 heavy (non-hydrogen) atoms. The zero-order chi connectivity index (χ0) is 19.9. The van der Waals surface area contributed by atoms with Gasteiger partial charge in [0.1, 0.15) is 6.54 Å². The molecule has 2 aliphatic rings. The van der Waals surface area contributed by atoms with Crippen molar-refractivity contribution < 1.29 is 4.79 Å². The minimum Gasteiger partial charge on any atom is -0.356 e. The SMILES string of the molecule is CN=C(NCCCCN1CCCC(C)C1)N1CCN(c2cnn(C)c2)C(=O)C1.I. The van der Waals surface area contributed by atoms with Crippen molar-refractivity contribution in [1.29, 1.82) is 0 Å². The Labute approximate surface area is 191 Å². The minimum atomic E-state index is 0. The molecular formula is C20H36IN7O. The van der Waals surface area contributed by atoms with Crippen LogP contribution >= 0.6 is 24.0 Å². The van der Waals surface area contributed by atoms with Gasteiger partial charge in [-0.25, -0.2) is 0 Å². The Bertz CT molecular complexity index is 678. The van der Waals surface area contributed by atoms with Gasteiger partial charge >= 0.3 is 0 Å². The molecule has 0 spiro atoms. The molecule has 2 saturated heterocycles. The molecule has 1 atom stereocenters. The highest BCUT2D eigenvalue weighted by Crippen LogP contribution is 2.17. The van der Waals surface area contributed by atoms with E-state index in [4.69, 9.17) is 0 Å². The number of halogens is 1. The number of nitrogens with zero attached hydrogens (tertiary/aromatic N) is 6. The van der Waals surface area contributed by atoms with Gasteiger partial charge in [-0.2, -0.15) is 5.10 Å². The Kier molecular flexibility index (Phi) is 9.67. The molecule has 0 aliphatic carbocycles. The third-order valence-corrected chi connectivity index (χ3v) is 5.66. The Morgan fingerprint density at radius 3 is 2.79 bits per heavy atom. The smallest absolute Gasteiger partial charge is 0.246 e. The number of anilines is 1. The van der Waals surface area contributed by atoms with E-state index >= 15 is 0 Å². The third kappa shape index (κ3) is 6.84. The summed E-state index contributed by atoms with van der Waals surface area (Å²) in [5.74, 6) is 1.75. The molecule has 3 rings (SSSR count). The highest BCUT2D eigenvalue weighted by Gasteiger charge is 2.27. The van der Waals surface area contributed by atoms with Gasteiger partial charge < -0.3 is 20.0 Å². The number of piperidine rings is 1. The van der Waals surface area contributed by atoms with Crippen molar-refractivity contribution in [2.75, 3.05) is 57.8 Å². The molecule has 1 amide bonds. The normalized spacial score (nSPS) is 21.3. The first-order valence-corrected chi connectivity index (χ1v) is 10.5. The quantitative estimate of drug-likeness (QED) is 0.270. The van der Waals surface area contributed by atoms with Crippen LogP contribution in [0.5, 0.6) is 0 Å². The molecule has 3 heterocycles. The fourth-order valence-electron chi connectivity index (χ4n) is 4.16. The molecule has 9 heteroatoms. The molecule has 0 saturated carbocycles. The summed E-state index contributed by atoms with van der Waals surface area (Å²) in [5, 5.41) is 7.60. The van der Waals surface area contributed by atoms with Crippen LogP contribution in [-0.2, 0) is 11.8 Å². The van der Waals surface area contributed by atoms with Crippen LogP contribution in [0.2, 0.25) is 0 Å². The van der Waals surface area contributed by atoms with Crippen LogP contribution in [0.3, 0.4) is 0 Å². The van der Waals surface area contributed by atoms with E-state index in [9.17, 15) is 4.79 Å². The first kappa shape index (κ1) is 23.9. The highest BCUT2D eigenvalue weighted by molar-refractivity contribution is 14.0. The fourth-order valence-corrected chi connectivity index (χ4v) is 4.16. The van der Waals surface area contributed by atoms with Gasteiger partial charge in [-0.3, -0.25) is 14.5 Å². The van der Waals surface area contributed by atoms with Crippen LogP contribution in [0.15, 0.2) is 17.4 Å². The summed E-state index contributed by atoms with van der Waals surface area (Å²) >= 11 is 0. The van der Waals surface area contributed by atoms with E-state index < -0.39 is 0 Å². The Morgan fingerprint density at radius 2 is 2.14 bits per heavy atom. The molecule has 8 nitrogen and oxygen atoms in total. The number of unbranched alkanes of at least 4 members (excludes halogenated alkanes) is 1. The fraction of sp³-hybridized carbons (Fsp3) is 0.750. The number of aromatic nitrogens is 2. The predicted octanol–water partition coefficient (Wildman–Crippen LogP) is 1.77. The van der Waals surface area contributed by atoms with Crippen molar-refractivity contribution in [3.63, 3.8) is 0 Å². The number of hydrogen-bond acceptors (Lipinski definition) is 4. The summed E-state index contributed by atoms with van der Waals surface area (Å²) in [6.07, 6.45) is 8.65. The average molecular weight is 517 g/mol. The lowest BCUT2D eigenvalue weighted by molar-refractivity contribution is -0.120. The summed E-state index contributed by atoms with van der Waals surface area (Å²) in [6.45, 7) is 8.71. The van der Waals surface area contributed by atoms with Gasteiger partial charge in [-0.15, -0.1) is 24.0 Å². The average Bonchev–Trinajstić information content (AvgIpc) is 3.10. The number of rotatable bonds is 6. The molecule has 0 aromatic carbocycles. The van der Waals surface area contributed by atoms with Gasteiger partial charge in [0.15, 0.2) is 5.96 Å². The van der Waals surface area contributed by atoms with E-state index in [1.165, 1.54) is 38.9 Å². The van der Waals surface area contributed by atoms with Gasteiger partial charge in [0.05, 0.1) is 11.9 Å². The van der Waals surface area contributed by atoms with E-state index in [0.29, 0.717) is 13.1 Å². The largest absolute Gasteiger partial charge is 0.356 e. The van der Waals surface area contributed by atoms with Crippen LogP contribution in [0.4, 0.5) is 5.69 Å². The summed E-state index contributed by atoms with van der Waals surface area (Å²) in [4.78, 5) is 23.4. The lowest BCUT2D eigenvalue weighted by atomic mass is 10.0. The number of carbonyl (C=O) groups excluding carboxylic acids is 1. The maximum atomic E-state index is 12.6. The van der Waals surface area contributed by atoms with Crippen molar-refractivity contribution in [2.24, 2.45) is 18.0 Å². The molecule has 1 N–H and O–H groups in total. The van der Waals surface area contributed by atoms with Crippen molar-refractivity contribution >= 4 is 41.5 Å². The van der Waals surface area contributed by atoms with Gasteiger partial charge in [0.25, 0.3) is 0 Å². The van der Waals surface area contributed by atoms with Gasteiger partial charge in [-0.1, -0.05) is 6.92 Å². The number of hydrogen-bond donors (Lipinski definition) is 1. The zero-order valence-corrected chi connectivity index (χ0v) is 20.3. The van der Waals surface area contributed by atoms with Crippen molar-refractivity contribution in [3.05, 3.63) is 12.4 Å². The summed E-state index contributed by atoms with van der Waals surface area (Å²) in [6, 6.07) is 0. The van der Waals surface area contributed by atoms with Crippen LogP contribution < -0.4 is 10.2 Å². The second-order valence-electron chi connectivity index (χ2n) is 8.07.